The molecule has 100 valence electrons. The Morgan fingerprint density at radius 3 is 2.35 bits per heavy atom. The number of rotatable bonds is 4. The molecular formula is C10H19NO6. The van der Waals surface area contributed by atoms with E-state index < -0.39 is 37.1 Å². The van der Waals surface area contributed by atoms with Crippen molar-refractivity contribution in [3.8, 4) is 0 Å². The fourth-order valence-electron chi connectivity index (χ4n) is 1.98. The van der Waals surface area contributed by atoms with Crippen molar-refractivity contribution in [2.45, 2.75) is 43.8 Å². The molecule has 0 saturated carbocycles. The summed E-state index contributed by atoms with van der Waals surface area (Å²) in [6.45, 7) is 0.669. The van der Waals surface area contributed by atoms with Gasteiger partial charge in [-0.05, 0) is 6.42 Å². The van der Waals surface area contributed by atoms with Gasteiger partial charge < -0.3 is 30.5 Å². The van der Waals surface area contributed by atoms with Gasteiger partial charge in [-0.25, -0.2) is 0 Å². The maximum Gasteiger partial charge on any atom is 0.217 e. The zero-order valence-corrected chi connectivity index (χ0v) is 9.61. The van der Waals surface area contributed by atoms with Crippen molar-refractivity contribution in [2.24, 2.45) is 0 Å². The van der Waals surface area contributed by atoms with Gasteiger partial charge in [0, 0.05) is 13.5 Å². The summed E-state index contributed by atoms with van der Waals surface area (Å²) in [6, 6.07) is -0.794. The van der Waals surface area contributed by atoms with Crippen LogP contribution in [0.5, 0.6) is 0 Å². The molecular weight excluding hydrogens is 230 g/mol. The van der Waals surface area contributed by atoms with Gasteiger partial charge in [-0.2, -0.15) is 0 Å². The predicted octanol–water partition coefficient (Wildman–Crippen LogP) is -2.64. The minimum Gasteiger partial charge on any atom is -0.396 e. The number of aliphatic hydroxyl groups is 4. The third-order valence-electron chi connectivity index (χ3n) is 2.81. The van der Waals surface area contributed by atoms with Gasteiger partial charge in [-0.15, -0.1) is 0 Å². The molecule has 0 aromatic rings. The first-order chi connectivity index (χ1) is 8.01. The lowest BCUT2D eigenvalue weighted by Crippen LogP contribution is -2.64. The van der Waals surface area contributed by atoms with Gasteiger partial charge in [-0.1, -0.05) is 0 Å². The molecule has 0 aromatic heterocycles. The first-order valence-corrected chi connectivity index (χ1v) is 5.51. The topological polar surface area (TPSA) is 119 Å². The fourth-order valence-corrected chi connectivity index (χ4v) is 1.98. The number of hydrogen-bond acceptors (Lipinski definition) is 6. The first-order valence-electron chi connectivity index (χ1n) is 5.51. The highest BCUT2D eigenvalue weighted by Crippen LogP contribution is 2.23. The number of hydrogen-bond donors (Lipinski definition) is 5. The molecule has 1 saturated heterocycles. The van der Waals surface area contributed by atoms with E-state index in [1.807, 2.05) is 0 Å². The summed E-state index contributed by atoms with van der Waals surface area (Å²) in [5.41, 5.74) is 0. The summed E-state index contributed by atoms with van der Waals surface area (Å²) in [5.74, 6) is -0.366. The van der Waals surface area contributed by atoms with Gasteiger partial charge >= 0.3 is 0 Å². The van der Waals surface area contributed by atoms with Crippen LogP contribution in [-0.4, -0.2) is 70.0 Å². The minimum absolute atomic E-state index is 0.179. The molecule has 1 fully saturated rings. The van der Waals surface area contributed by atoms with Crippen LogP contribution in [0.3, 0.4) is 0 Å². The first kappa shape index (κ1) is 14.3. The monoisotopic (exact) mass is 249 g/mol. The second-order valence-electron chi connectivity index (χ2n) is 4.12. The van der Waals surface area contributed by atoms with Crippen LogP contribution in [0.4, 0.5) is 0 Å². The maximum absolute atomic E-state index is 11.0. The molecule has 1 heterocycles. The molecule has 0 spiro atoms. The molecule has 1 rings (SSSR count). The standard InChI is InChI=1S/C10H19NO6/c1-5(14)11-8-6(2-3-12)17-7(4-13)9(15)10(8)16/h6-10,12-13,15-16H,2-4H2,1H3,(H,11,14)/t6-,7-,8+,9-,10-/m1/s1. The van der Waals surface area contributed by atoms with Gasteiger partial charge in [-0.3, -0.25) is 4.79 Å². The van der Waals surface area contributed by atoms with Crippen LogP contribution in [-0.2, 0) is 9.53 Å². The highest BCUT2D eigenvalue weighted by Gasteiger charge is 2.44. The van der Waals surface area contributed by atoms with Gasteiger partial charge in [0.2, 0.25) is 5.91 Å². The molecule has 1 aliphatic rings. The molecule has 7 nitrogen and oxygen atoms in total. The fraction of sp³-hybridized carbons (Fsp3) is 0.900. The minimum atomic E-state index is -1.27. The second-order valence-corrected chi connectivity index (χ2v) is 4.12. The number of aliphatic hydroxyl groups excluding tert-OH is 4. The lowest BCUT2D eigenvalue weighted by atomic mass is 9.91. The Morgan fingerprint density at radius 1 is 1.24 bits per heavy atom. The Hall–Kier alpha value is -0.730. The average Bonchev–Trinajstić information content (AvgIpc) is 2.28. The molecule has 1 aliphatic heterocycles. The Balaban J connectivity index is 2.78. The van der Waals surface area contributed by atoms with Crippen LogP contribution in [0.15, 0.2) is 0 Å². The van der Waals surface area contributed by atoms with Crippen molar-refractivity contribution >= 4 is 5.91 Å². The predicted molar refractivity (Wildman–Crippen MR) is 57.1 cm³/mol. The lowest BCUT2D eigenvalue weighted by molar-refractivity contribution is -0.197. The normalized spacial score (nSPS) is 37.8. The third kappa shape index (κ3) is 3.36. The number of ether oxygens (including phenoxy) is 1. The van der Waals surface area contributed by atoms with Crippen molar-refractivity contribution in [2.75, 3.05) is 13.2 Å². The Kier molecular flexibility index (Phi) is 5.29. The summed E-state index contributed by atoms with van der Waals surface area (Å²) in [4.78, 5) is 11.0. The van der Waals surface area contributed by atoms with Crippen LogP contribution >= 0.6 is 0 Å². The van der Waals surface area contributed by atoms with Crippen molar-refractivity contribution in [3.05, 3.63) is 0 Å². The van der Waals surface area contributed by atoms with Crippen LogP contribution in [0.1, 0.15) is 13.3 Å². The van der Waals surface area contributed by atoms with E-state index >= 15 is 0 Å². The largest absolute Gasteiger partial charge is 0.396 e. The molecule has 0 bridgehead atoms. The van der Waals surface area contributed by atoms with E-state index in [1.54, 1.807) is 0 Å². The molecule has 0 aromatic carbocycles. The van der Waals surface area contributed by atoms with Crippen LogP contribution in [0, 0.1) is 0 Å². The van der Waals surface area contributed by atoms with Crippen molar-refractivity contribution in [1.82, 2.24) is 5.32 Å². The molecule has 0 aliphatic carbocycles. The Bertz CT molecular complexity index is 261. The molecule has 5 atom stereocenters. The molecule has 17 heavy (non-hydrogen) atoms. The lowest BCUT2D eigenvalue weighted by Gasteiger charge is -2.42. The maximum atomic E-state index is 11.0. The highest BCUT2D eigenvalue weighted by atomic mass is 16.5. The van der Waals surface area contributed by atoms with Crippen molar-refractivity contribution in [1.29, 1.82) is 0 Å². The quantitative estimate of drug-likeness (QED) is 0.371. The zero-order chi connectivity index (χ0) is 13.0. The SMILES string of the molecule is CC(=O)N[C@@H]1[C@@H](O)[C@H](O)[C@@H](CO)O[C@@H]1CCO. The van der Waals surface area contributed by atoms with Crippen LogP contribution < -0.4 is 5.32 Å². The summed E-state index contributed by atoms with van der Waals surface area (Å²) in [7, 11) is 0. The summed E-state index contributed by atoms with van der Waals surface area (Å²) in [5, 5.41) is 39.8. The summed E-state index contributed by atoms with van der Waals surface area (Å²) in [6.07, 6.45) is -3.86. The second kappa shape index (κ2) is 6.27. The van der Waals surface area contributed by atoms with E-state index in [4.69, 9.17) is 14.9 Å². The van der Waals surface area contributed by atoms with E-state index in [-0.39, 0.29) is 18.9 Å². The van der Waals surface area contributed by atoms with Crippen molar-refractivity contribution in [3.63, 3.8) is 0 Å². The number of nitrogens with one attached hydrogen (secondary N) is 1. The van der Waals surface area contributed by atoms with E-state index in [9.17, 15) is 15.0 Å². The van der Waals surface area contributed by atoms with E-state index in [2.05, 4.69) is 5.32 Å². The molecule has 0 radical (unpaired) electrons. The average molecular weight is 249 g/mol. The number of carbonyl (C=O) groups excluding carboxylic acids is 1. The highest BCUT2D eigenvalue weighted by molar-refractivity contribution is 5.73. The molecule has 1 amide bonds. The van der Waals surface area contributed by atoms with Gasteiger partial charge in [0.1, 0.15) is 18.3 Å². The van der Waals surface area contributed by atoms with E-state index in [0.717, 1.165) is 0 Å². The smallest absolute Gasteiger partial charge is 0.217 e. The third-order valence-corrected chi connectivity index (χ3v) is 2.81. The van der Waals surface area contributed by atoms with Gasteiger partial charge in [0.25, 0.3) is 0 Å². The van der Waals surface area contributed by atoms with Gasteiger partial charge in [0.05, 0.1) is 18.8 Å². The van der Waals surface area contributed by atoms with Crippen LogP contribution in [0.2, 0.25) is 0 Å². The number of amides is 1. The van der Waals surface area contributed by atoms with E-state index in [0.29, 0.717) is 0 Å². The summed E-state index contributed by atoms with van der Waals surface area (Å²) >= 11 is 0. The molecule has 0 unspecified atom stereocenters. The van der Waals surface area contributed by atoms with E-state index in [1.165, 1.54) is 6.92 Å². The summed E-state index contributed by atoms with van der Waals surface area (Å²) < 4.78 is 5.34. The van der Waals surface area contributed by atoms with Crippen LogP contribution in [0.25, 0.3) is 0 Å². The number of carbonyl (C=O) groups is 1. The molecule has 7 heteroatoms. The Labute approximate surface area is 99.0 Å². The van der Waals surface area contributed by atoms with Gasteiger partial charge in [0.15, 0.2) is 0 Å². The zero-order valence-electron chi connectivity index (χ0n) is 9.61. The van der Waals surface area contributed by atoms with Crippen molar-refractivity contribution < 1.29 is 30.0 Å². The molecule has 5 N–H and O–H groups in total. The Morgan fingerprint density at radius 2 is 1.88 bits per heavy atom.